The maximum atomic E-state index is 6.25. The summed E-state index contributed by atoms with van der Waals surface area (Å²) in [6, 6.07) is 7.72. The summed E-state index contributed by atoms with van der Waals surface area (Å²) >= 11 is 12.5. The maximum absolute atomic E-state index is 6.25. The van der Waals surface area contributed by atoms with E-state index in [1.807, 2.05) is 45.2 Å². The Balaban J connectivity index is 2.36. The molecule has 1 aromatic carbocycles. The zero-order valence-electron chi connectivity index (χ0n) is 11.7. The monoisotopic (exact) mass is 309 g/mol. The third-order valence-corrected chi connectivity index (χ3v) is 4.04. The van der Waals surface area contributed by atoms with E-state index in [0.29, 0.717) is 16.5 Å². The van der Waals surface area contributed by atoms with Crippen molar-refractivity contribution in [1.82, 2.24) is 15.5 Å². The van der Waals surface area contributed by atoms with E-state index in [0.717, 1.165) is 22.5 Å². The van der Waals surface area contributed by atoms with Crippen molar-refractivity contribution in [3.63, 3.8) is 0 Å². The summed E-state index contributed by atoms with van der Waals surface area (Å²) in [6.45, 7) is 3.89. The van der Waals surface area contributed by atoms with E-state index in [-0.39, 0.29) is 6.04 Å². The van der Waals surface area contributed by atoms with Gasteiger partial charge in [0.25, 0.3) is 0 Å². The van der Waals surface area contributed by atoms with Crippen molar-refractivity contribution in [2.24, 2.45) is 0 Å². The number of halogens is 2. The molecule has 20 heavy (non-hydrogen) atoms. The molecule has 0 saturated heterocycles. The minimum atomic E-state index is 0.0987. The van der Waals surface area contributed by atoms with Gasteiger partial charge in [0.05, 0.1) is 11.4 Å². The molecule has 5 heteroatoms. The standard InChI is InChI=1S/C15H17Cl2N3/c1-9-7-11(10(2)20-19-9)15(18-3)8-12-13(16)5-4-6-14(12)17/h4-7,15,18H,8H2,1-3H3. The summed E-state index contributed by atoms with van der Waals surface area (Å²) in [6.07, 6.45) is 0.709. The second-order valence-electron chi connectivity index (χ2n) is 4.77. The second kappa shape index (κ2) is 6.53. The Bertz CT molecular complexity index is 594. The van der Waals surface area contributed by atoms with E-state index in [9.17, 15) is 0 Å². The molecule has 1 N–H and O–H groups in total. The fourth-order valence-electron chi connectivity index (χ4n) is 2.22. The Labute approximate surface area is 129 Å². The molecule has 1 atom stereocenters. The van der Waals surface area contributed by atoms with E-state index in [2.05, 4.69) is 15.5 Å². The number of aromatic nitrogens is 2. The fraction of sp³-hybridized carbons (Fsp3) is 0.333. The van der Waals surface area contributed by atoms with Crippen LogP contribution in [0.4, 0.5) is 0 Å². The summed E-state index contributed by atoms with van der Waals surface area (Å²) in [5, 5.41) is 12.9. The minimum Gasteiger partial charge on any atom is -0.313 e. The van der Waals surface area contributed by atoms with Crippen LogP contribution in [0.3, 0.4) is 0 Å². The second-order valence-corrected chi connectivity index (χ2v) is 5.59. The topological polar surface area (TPSA) is 37.8 Å². The number of hydrogen-bond donors (Lipinski definition) is 1. The van der Waals surface area contributed by atoms with Crippen molar-refractivity contribution in [1.29, 1.82) is 0 Å². The van der Waals surface area contributed by atoms with E-state index in [1.54, 1.807) is 0 Å². The summed E-state index contributed by atoms with van der Waals surface area (Å²) in [7, 11) is 1.92. The molecule has 2 rings (SSSR count). The smallest absolute Gasteiger partial charge is 0.0648 e. The fourth-order valence-corrected chi connectivity index (χ4v) is 2.77. The van der Waals surface area contributed by atoms with Crippen LogP contribution in [-0.2, 0) is 6.42 Å². The number of likely N-dealkylation sites (N-methyl/N-ethyl adjacent to an activating group) is 1. The lowest BCUT2D eigenvalue weighted by atomic mass is 9.98. The van der Waals surface area contributed by atoms with Crippen molar-refractivity contribution in [2.45, 2.75) is 26.3 Å². The van der Waals surface area contributed by atoms with Crippen LogP contribution in [-0.4, -0.2) is 17.2 Å². The Kier molecular flexibility index (Phi) is 4.97. The van der Waals surface area contributed by atoms with Crippen molar-refractivity contribution in [3.05, 3.63) is 56.8 Å². The minimum absolute atomic E-state index is 0.0987. The summed E-state index contributed by atoms with van der Waals surface area (Å²) in [5.74, 6) is 0. The Hall–Kier alpha value is -1.16. The summed E-state index contributed by atoms with van der Waals surface area (Å²) in [4.78, 5) is 0. The van der Waals surface area contributed by atoms with E-state index < -0.39 is 0 Å². The molecule has 0 fully saturated rings. The zero-order chi connectivity index (χ0) is 14.7. The molecule has 3 nitrogen and oxygen atoms in total. The molecule has 0 aliphatic rings. The van der Waals surface area contributed by atoms with Crippen LogP contribution in [0.1, 0.15) is 28.6 Å². The van der Waals surface area contributed by atoms with Gasteiger partial charge in [-0.3, -0.25) is 0 Å². The van der Waals surface area contributed by atoms with E-state index in [4.69, 9.17) is 23.2 Å². The molecule has 1 aromatic heterocycles. The average Bonchev–Trinajstić information content (AvgIpc) is 2.42. The molecule has 0 aliphatic carbocycles. The maximum Gasteiger partial charge on any atom is 0.0648 e. The first-order chi connectivity index (χ1) is 9.52. The number of nitrogens with zero attached hydrogens (tertiary/aromatic N) is 2. The van der Waals surface area contributed by atoms with Gasteiger partial charge in [-0.15, -0.1) is 0 Å². The quantitative estimate of drug-likeness (QED) is 0.930. The highest BCUT2D eigenvalue weighted by atomic mass is 35.5. The predicted octanol–water partition coefficient (Wildman–Crippen LogP) is 3.90. The molecule has 0 bridgehead atoms. The molecule has 106 valence electrons. The van der Waals surface area contributed by atoms with Gasteiger partial charge in [-0.05, 0) is 56.6 Å². The molecule has 0 radical (unpaired) electrons. The molecule has 1 heterocycles. The normalized spacial score (nSPS) is 12.4. The number of nitrogens with one attached hydrogen (secondary N) is 1. The average molecular weight is 310 g/mol. The molecular formula is C15H17Cl2N3. The van der Waals surface area contributed by atoms with Gasteiger partial charge in [-0.1, -0.05) is 29.3 Å². The van der Waals surface area contributed by atoms with Crippen LogP contribution >= 0.6 is 23.2 Å². The van der Waals surface area contributed by atoms with Crippen molar-refractivity contribution in [3.8, 4) is 0 Å². The van der Waals surface area contributed by atoms with Gasteiger partial charge < -0.3 is 5.32 Å². The van der Waals surface area contributed by atoms with Crippen LogP contribution in [0.15, 0.2) is 24.3 Å². The third kappa shape index (κ3) is 3.29. The Morgan fingerprint density at radius 1 is 1.15 bits per heavy atom. The number of hydrogen-bond acceptors (Lipinski definition) is 3. The van der Waals surface area contributed by atoms with Gasteiger partial charge in [0.15, 0.2) is 0 Å². The van der Waals surface area contributed by atoms with Gasteiger partial charge in [0, 0.05) is 16.1 Å². The first-order valence-corrected chi connectivity index (χ1v) is 7.19. The van der Waals surface area contributed by atoms with Crippen LogP contribution in [0.2, 0.25) is 10.0 Å². The third-order valence-electron chi connectivity index (χ3n) is 3.33. The van der Waals surface area contributed by atoms with Gasteiger partial charge in [0.1, 0.15) is 0 Å². The predicted molar refractivity (Wildman–Crippen MR) is 83.5 cm³/mol. The molecule has 0 aliphatic heterocycles. The molecule has 0 saturated carbocycles. The highest BCUT2D eigenvalue weighted by Gasteiger charge is 2.17. The van der Waals surface area contributed by atoms with Crippen LogP contribution in [0.5, 0.6) is 0 Å². The lowest BCUT2D eigenvalue weighted by Crippen LogP contribution is -2.21. The lowest BCUT2D eigenvalue weighted by Gasteiger charge is -2.20. The van der Waals surface area contributed by atoms with E-state index >= 15 is 0 Å². The molecule has 1 unspecified atom stereocenters. The highest BCUT2D eigenvalue weighted by Crippen LogP contribution is 2.29. The first kappa shape index (κ1) is 15.2. The lowest BCUT2D eigenvalue weighted by molar-refractivity contribution is 0.582. The number of rotatable bonds is 4. The molecule has 0 spiro atoms. The molecule has 0 amide bonds. The Morgan fingerprint density at radius 3 is 2.40 bits per heavy atom. The zero-order valence-corrected chi connectivity index (χ0v) is 13.3. The highest BCUT2D eigenvalue weighted by molar-refractivity contribution is 6.36. The van der Waals surface area contributed by atoms with Crippen LogP contribution in [0, 0.1) is 13.8 Å². The van der Waals surface area contributed by atoms with Crippen molar-refractivity contribution >= 4 is 23.2 Å². The molecular weight excluding hydrogens is 293 g/mol. The number of aryl methyl sites for hydroxylation is 2. The van der Waals surface area contributed by atoms with Gasteiger partial charge in [0.2, 0.25) is 0 Å². The van der Waals surface area contributed by atoms with Gasteiger partial charge in [-0.2, -0.15) is 10.2 Å². The van der Waals surface area contributed by atoms with Gasteiger partial charge in [-0.25, -0.2) is 0 Å². The summed E-state index contributed by atoms with van der Waals surface area (Å²) < 4.78 is 0. The summed E-state index contributed by atoms with van der Waals surface area (Å²) in [5.41, 5.74) is 3.88. The van der Waals surface area contributed by atoms with Crippen molar-refractivity contribution in [2.75, 3.05) is 7.05 Å². The Morgan fingerprint density at radius 2 is 1.80 bits per heavy atom. The van der Waals surface area contributed by atoms with Crippen LogP contribution < -0.4 is 5.32 Å². The van der Waals surface area contributed by atoms with E-state index in [1.165, 1.54) is 0 Å². The number of benzene rings is 1. The van der Waals surface area contributed by atoms with Gasteiger partial charge >= 0.3 is 0 Å². The SMILES string of the molecule is CNC(Cc1c(Cl)cccc1Cl)c1cc(C)nnc1C. The van der Waals surface area contributed by atoms with Crippen LogP contribution in [0.25, 0.3) is 0 Å². The molecule has 2 aromatic rings. The van der Waals surface area contributed by atoms with Crippen molar-refractivity contribution < 1.29 is 0 Å². The largest absolute Gasteiger partial charge is 0.313 e. The first-order valence-electron chi connectivity index (χ1n) is 6.44.